The fourth-order valence-electron chi connectivity index (χ4n) is 4.14. The van der Waals surface area contributed by atoms with E-state index < -0.39 is 5.97 Å². The Morgan fingerprint density at radius 1 is 1.00 bits per heavy atom. The quantitative estimate of drug-likeness (QED) is 0.591. The number of halogens is 1. The topological polar surface area (TPSA) is 77.0 Å². The van der Waals surface area contributed by atoms with Crippen LogP contribution < -0.4 is 14.8 Å². The van der Waals surface area contributed by atoms with Crippen molar-refractivity contribution < 1.29 is 24.1 Å². The number of aromatic carboxylic acids is 1. The average Bonchev–Trinajstić information content (AvgIpc) is 3.43. The van der Waals surface area contributed by atoms with Crippen molar-refractivity contribution in [2.45, 2.75) is 57.0 Å². The number of carbonyl (C=O) groups is 1. The molecule has 0 amide bonds. The summed E-state index contributed by atoms with van der Waals surface area (Å²) >= 11 is 0. The van der Waals surface area contributed by atoms with Crippen LogP contribution in [0.25, 0.3) is 0 Å². The maximum Gasteiger partial charge on any atom is 0.343 e. The third-order valence-electron chi connectivity index (χ3n) is 5.75. The van der Waals surface area contributed by atoms with E-state index in [2.05, 4.69) is 17.4 Å². The summed E-state index contributed by atoms with van der Waals surface area (Å²) in [6.45, 7) is 1.74. The standard InChI is InChI=1S/C24H29NO5.ClH/c26-24(27)23-21(11-6-12-22(23)30-19-9-4-5-10-19)29-16-18-13-20(14-25-18)28-15-17-7-2-1-3-8-17;/h1-3,6-8,11-12,18-20,25H,4-5,9-10,13-16H2,(H,26,27);1H/t18-,20+;/m1./s1. The van der Waals surface area contributed by atoms with Crippen LogP contribution in [0.4, 0.5) is 0 Å². The Hall–Kier alpha value is -2.28. The van der Waals surface area contributed by atoms with E-state index in [4.69, 9.17) is 14.2 Å². The lowest BCUT2D eigenvalue weighted by Crippen LogP contribution is -2.28. The summed E-state index contributed by atoms with van der Waals surface area (Å²) < 4.78 is 17.9. The summed E-state index contributed by atoms with van der Waals surface area (Å²) in [5.74, 6) is -0.272. The number of hydrogen-bond donors (Lipinski definition) is 2. The summed E-state index contributed by atoms with van der Waals surface area (Å²) in [5.41, 5.74) is 1.27. The second-order valence-electron chi connectivity index (χ2n) is 8.03. The molecule has 1 heterocycles. The molecule has 168 valence electrons. The Morgan fingerprint density at radius 2 is 1.74 bits per heavy atom. The molecule has 0 radical (unpaired) electrons. The molecule has 0 unspecified atom stereocenters. The van der Waals surface area contributed by atoms with Gasteiger partial charge in [-0.05, 0) is 49.8 Å². The lowest BCUT2D eigenvalue weighted by atomic mass is 10.1. The summed E-state index contributed by atoms with van der Waals surface area (Å²) in [7, 11) is 0. The van der Waals surface area contributed by atoms with Crippen molar-refractivity contribution in [3.63, 3.8) is 0 Å². The van der Waals surface area contributed by atoms with Gasteiger partial charge in [0.25, 0.3) is 0 Å². The molecule has 4 rings (SSSR count). The number of hydrogen-bond acceptors (Lipinski definition) is 5. The van der Waals surface area contributed by atoms with Gasteiger partial charge in [0.15, 0.2) is 0 Å². The first-order valence-electron chi connectivity index (χ1n) is 10.7. The van der Waals surface area contributed by atoms with Crippen molar-refractivity contribution in [3.8, 4) is 11.5 Å². The van der Waals surface area contributed by atoms with Gasteiger partial charge in [0.2, 0.25) is 0 Å². The molecule has 1 saturated heterocycles. The molecule has 1 aliphatic heterocycles. The Balaban J connectivity index is 0.00000272. The molecule has 2 aromatic carbocycles. The first-order chi connectivity index (χ1) is 14.7. The van der Waals surface area contributed by atoms with Gasteiger partial charge in [-0.1, -0.05) is 36.4 Å². The normalized spacial score (nSPS) is 20.9. The van der Waals surface area contributed by atoms with Crippen molar-refractivity contribution in [1.82, 2.24) is 5.32 Å². The highest BCUT2D eigenvalue weighted by atomic mass is 35.5. The van der Waals surface area contributed by atoms with Gasteiger partial charge in [0.05, 0.1) is 18.8 Å². The van der Waals surface area contributed by atoms with Crippen molar-refractivity contribution in [2.24, 2.45) is 0 Å². The van der Waals surface area contributed by atoms with E-state index >= 15 is 0 Å². The zero-order valence-corrected chi connectivity index (χ0v) is 18.3. The number of nitrogens with one attached hydrogen (secondary N) is 1. The summed E-state index contributed by atoms with van der Waals surface area (Å²) in [6.07, 6.45) is 5.25. The second kappa shape index (κ2) is 11.4. The SMILES string of the molecule is Cl.O=C(O)c1c(OC[C@H]2C[C@H](OCc3ccccc3)CN2)cccc1OC1CCCC1. The van der Waals surface area contributed by atoms with Crippen LogP contribution in [-0.2, 0) is 11.3 Å². The van der Waals surface area contributed by atoms with Gasteiger partial charge in [-0.25, -0.2) is 4.79 Å². The molecule has 6 nitrogen and oxygen atoms in total. The molecule has 31 heavy (non-hydrogen) atoms. The van der Waals surface area contributed by atoms with Crippen LogP contribution in [0.3, 0.4) is 0 Å². The second-order valence-corrected chi connectivity index (χ2v) is 8.03. The van der Waals surface area contributed by atoms with Crippen LogP contribution in [0.1, 0.15) is 48.0 Å². The first kappa shape index (κ1) is 23.4. The van der Waals surface area contributed by atoms with Gasteiger partial charge >= 0.3 is 5.97 Å². The first-order valence-corrected chi connectivity index (χ1v) is 10.7. The zero-order valence-electron chi connectivity index (χ0n) is 17.5. The van der Waals surface area contributed by atoms with Gasteiger partial charge in [0.1, 0.15) is 23.7 Å². The highest BCUT2D eigenvalue weighted by Gasteiger charge is 2.27. The largest absolute Gasteiger partial charge is 0.491 e. The fourth-order valence-corrected chi connectivity index (χ4v) is 4.14. The molecule has 0 spiro atoms. The van der Waals surface area contributed by atoms with Crippen LogP contribution in [0, 0.1) is 0 Å². The van der Waals surface area contributed by atoms with E-state index in [1.807, 2.05) is 18.2 Å². The van der Waals surface area contributed by atoms with Crippen LogP contribution in [-0.4, -0.2) is 42.5 Å². The van der Waals surface area contributed by atoms with Gasteiger partial charge in [-0.15, -0.1) is 12.4 Å². The van der Waals surface area contributed by atoms with Crippen molar-refractivity contribution in [2.75, 3.05) is 13.2 Å². The van der Waals surface area contributed by atoms with Crippen LogP contribution in [0.5, 0.6) is 11.5 Å². The molecule has 2 fully saturated rings. The Labute approximate surface area is 189 Å². The van der Waals surface area contributed by atoms with Crippen molar-refractivity contribution in [3.05, 3.63) is 59.7 Å². The Morgan fingerprint density at radius 3 is 2.48 bits per heavy atom. The van der Waals surface area contributed by atoms with Gasteiger partial charge in [-0.3, -0.25) is 0 Å². The molecular weight excluding hydrogens is 418 g/mol. The third-order valence-corrected chi connectivity index (χ3v) is 5.75. The van der Waals surface area contributed by atoms with E-state index in [0.717, 1.165) is 44.2 Å². The molecule has 7 heteroatoms. The predicted molar refractivity (Wildman–Crippen MR) is 120 cm³/mol. The number of carboxylic acids is 1. The molecule has 2 N–H and O–H groups in total. The van der Waals surface area contributed by atoms with E-state index in [1.165, 1.54) is 0 Å². The predicted octanol–water partition coefficient (Wildman–Crippen LogP) is 4.45. The molecule has 2 atom stereocenters. The van der Waals surface area contributed by atoms with Gasteiger partial charge in [-0.2, -0.15) is 0 Å². The minimum absolute atomic E-state index is 0. The zero-order chi connectivity index (χ0) is 20.8. The Kier molecular flexibility index (Phi) is 8.58. The maximum absolute atomic E-state index is 11.9. The summed E-state index contributed by atoms with van der Waals surface area (Å²) in [4.78, 5) is 11.9. The molecule has 2 aromatic rings. The van der Waals surface area contributed by atoms with Crippen LogP contribution in [0.15, 0.2) is 48.5 Å². The summed E-state index contributed by atoms with van der Waals surface area (Å²) in [6, 6.07) is 15.4. The summed E-state index contributed by atoms with van der Waals surface area (Å²) in [5, 5.41) is 13.1. The van der Waals surface area contributed by atoms with E-state index in [1.54, 1.807) is 18.2 Å². The minimum Gasteiger partial charge on any atom is -0.491 e. The molecule has 0 aromatic heterocycles. The monoisotopic (exact) mass is 447 g/mol. The lowest BCUT2D eigenvalue weighted by molar-refractivity contribution is 0.0514. The number of carboxylic acid groups (broad SMARTS) is 1. The van der Waals surface area contributed by atoms with Gasteiger partial charge in [0, 0.05) is 12.6 Å². The lowest BCUT2D eigenvalue weighted by Gasteiger charge is -2.18. The number of rotatable bonds is 9. The highest BCUT2D eigenvalue weighted by Crippen LogP contribution is 2.32. The highest BCUT2D eigenvalue weighted by molar-refractivity contribution is 5.94. The smallest absolute Gasteiger partial charge is 0.343 e. The molecule has 1 aliphatic carbocycles. The maximum atomic E-state index is 11.9. The van der Waals surface area contributed by atoms with Crippen molar-refractivity contribution >= 4 is 18.4 Å². The third kappa shape index (κ3) is 6.35. The van der Waals surface area contributed by atoms with E-state index in [0.29, 0.717) is 24.7 Å². The fraction of sp³-hybridized carbons (Fsp3) is 0.458. The molecule has 2 aliphatic rings. The number of benzene rings is 2. The minimum atomic E-state index is -1.03. The van der Waals surface area contributed by atoms with Crippen LogP contribution >= 0.6 is 12.4 Å². The Bertz CT molecular complexity index is 841. The number of ether oxygens (including phenoxy) is 3. The average molecular weight is 448 g/mol. The van der Waals surface area contributed by atoms with Crippen molar-refractivity contribution in [1.29, 1.82) is 0 Å². The van der Waals surface area contributed by atoms with Gasteiger partial charge < -0.3 is 24.6 Å². The molecule has 0 bridgehead atoms. The molecule has 1 saturated carbocycles. The molecular formula is C24H30ClNO5. The van der Waals surface area contributed by atoms with E-state index in [-0.39, 0.29) is 36.2 Å². The van der Waals surface area contributed by atoms with E-state index in [9.17, 15) is 9.90 Å². The van der Waals surface area contributed by atoms with Crippen LogP contribution in [0.2, 0.25) is 0 Å².